The predicted molar refractivity (Wildman–Crippen MR) is 84.5 cm³/mol. The van der Waals surface area contributed by atoms with Crippen molar-refractivity contribution in [3.8, 4) is 0 Å². The zero-order chi connectivity index (χ0) is 15.9. The third-order valence-corrected chi connectivity index (χ3v) is 3.70. The van der Waals surface area contributed by atoms with Crippen molar-refractivity contribution in [1.82, 2.24) is 5.32 Å². The second kappa shape index (κ2) is 7.81. The molecule has 0 aromatic heterocycles. The number of carbonyl (C=O) groups excluding carboxylic acids is 2. The summed E-state index contributed by atoms with van der Waals surface area (Å²) >= 11 is 0. The molecule has 1 aromatic carbocycles. The lowest BCUT2D eigenvalue weighted by Gasteiger charge is -2.21. The Hall–Kier alpha value is -1.84. The average molecular weight is 290 g/mol. The summed E-state index contributed by atoms with van der Waals surface area (Å²) in [6, 6.07) is 10.3. The molecule has 1 aromatic rings. The molecule has 0 radical (unpaired) electrons. The van der Waals surface area contributed by atoms with Crippen molar-refractivity contribution >= 4 is 11.8 Å². The van der Waals surface area contributed by atoms with Gasteiger partial charge in [0.2, 0.25) is 11.8 Å². The highest BCUT2D eigenvalue weighted by atomic mass is 16.2. The van der Waals surface area contributed by atoms with Crippen LogP contribution in [0.15, 0.2) is 30.3 Å². The summed E-state index contributed by atoms with van der Waals surface area (Å²) in [7, 11) is 0. The van der Waals surface area contributed by atoms with E-state index in [9.17, 15) is 9.59 Å². The van der Waals surface area contributed by atoms with Gasteiger partial charge in [-0.1, -0.05) is 37.3 Å². The first-order chi connectivity index (χ1) is 9.81. The fourth-order valence-electron chi connectivity index (χ4n) is 1.96. The first kappa shape index (κ1) is 17.2. The molecule has 4 nitrogen and oxygen atoms in total. The fraction of sp³-hybridized carbons (Fsp3) is 0.529. The van der Waals surface area contributed by atoms with Crippen molar-refractivity contribution in [2.45, 2.75) is 40.0 Å². The smallest absolute Gasteiger partial charge is 0.224 e. The van der Waals surface area contributed by atoms with Crippen LogP contribution in [0.5, 0.6) is 0 Å². The molecule has 0 heterocycles. The van der Waals surface area contributed by atoms with Gasteiger partial charge in [-0.15, -0.1) is 0 Å². The van der Waals surface area contributed by atoms with E-state index in [-0.39, 0.29) is 12.5 Å². The van der Waals surface area contributed by atoms with Crippen LogP contribution >= 0.6 is 0 Å². The first-order valence-corrected chi connectivity index (χ1v) is 7.42. The summed E-state index contributed by atoms with van der Waals surface area (Å²) in [5.41, 5.74) is 5.87. The lowest BCUT2D eigenvalue weighted by Crippen LogP contribution is -2.42. The molecule has 0 aliphatic rings. The topological polar surface area (TPSA) is 72.2 Å². The second-order valence-electron chi connectivity index (χ2n) is 6.36. The lowest BCUT2D eigenvalue weighted by atomic mass is 9.92. The minimum atomic E-state index is -0.705. The van der Waals surface area contributed by atoms with Crippen LogP contribution in [0.25, 0.3) is 0 Å². The molecule has 116 valence electrons. The number of hydrogen-bond donors (Lipinski definition) is 2. The molecular formula is C17H26N2O2. The minimum absolute atomic E-state index is 0.0233. The molecule has 0 bridgehead atoms. The number of rotatable bonds is 8. The Morgan fingerprint density at radius 2 is 1.86 bits per heavy atom. The molecule has 0 saturated heterocycles. The molecular weight excluding hydrogens is 264 g/mol. The molecule has 0 fully saturated rings. The number of carbonyl (C=O) groups is 2. The van der Waals surface area contributed by atoms with Crippen LogP contribution in [0.1, 0.15) is 39.2 Å². The highest BCUT2D eigenvalue weighted by Gasteiger charge is 2.25. The fourth-order valence-corrected chi connectivity index (χ4v) is 1.96. The largest absolute Gasteiger partial charge is 0.369 e. The second-order valence-corrected chi connectivity index (χ2v) is 6.36. The predicted octanol–water partition coefficient (Wildman–Crippen LogP) is 2.27. The van der Waals surface area contributed by atoms with Gasteiger partial charge in [-0.25, -0.2) is 0 Å². The van der Waals surface area contributed by atoms with Gasteiger partial charge in [0.05, 0.1) is 5.41 Å². The summed E-state index contributed by atoms with van der Waals surface area (Å²) in [6.07, 6.45) is 2.42. The Morgan fingerprint density at radius 3 is 2.43 bits per heavy atom. The van der Waals surface area contributed by atoms with Crippen LogP contribution in [0.3, 0.4) is 0 Å². The van der Waals surface area contributed by atoms with E-state index >= 15 is 0 Å². The number of nitrogens with one attached hydrogen (secondary N) is 1. The number of benzene rings is 1. The quantitative estimate of drug-likeness (QED) is 0.771. The third kappa shape index (κ3) is 6.43. The van der Waals surface area contributed by atoms with Gasteiger partial charge in [-0.2, -0.15) is 0 Å². The lowest BCUT2D eigenvalue weighted by molar-refractivity contribution is -0.127. The maximum Gasteiger partial charge on any atom is 0.224 e. The number of hydrogen-bond acceptors (Lipinski definition) is 2. The van der Waals surface area contributed by atoms with Gasteiger partial charge in [-0.05, 0) is 38.2 Å². The Labute approximate surface area is 127 Å². The highest BCUT2D eigenvalue weighted by Crippen LogP contribution is 2.14. The molecule has 1 unspecified atom stereocenters. The van der Waals surface area contributed by atoms with Gasteiger partial charge in [-0.3, -0.25) is 9.59 Å². The summed E-state index contributed by atoms with van der Waals surface area (Å²) in [6.45, 7) is 5.82. The molecule has 0 aliphatic carbocycles. The van der Waals surface area contributed by atoms with E-state index in [2.05, 4.69) is 24.4 Å². The van der Waals surface area contributed by atoms with Crippen molar-refractivity contribution in [2.24, 2.45) is 17.1 Å². The van der Waals surface area contributed by atoms with E-state index in [0.29, 0.717) is 12.3 Å². The summed E-state index contributed by atoms with van der Waals surface area (Å²) in [5.74, 6) is -0.119. The first-order valence-electron chi connectivity index (χ1n) is 7.42. The Morgan fingerprint density at radius 1 is 1.24 bits per heavy atom. The van der Waals surface area contributed by atoms with Crippen LogP contribution in [-0.2, 0) is 16.0 Å². The van der Waals surface area contributed by atoms with Crippen molar-refractivity contribution in [3.63, 3.8) is 0 Å². The summed E-state index contributed by atoms with van der Waals surface area (Å²) in [5, 5.41) is 2.79. The number of aryl methyl sites for hydroxylation is 1. The van der Waals surface area contributed by atoms with Gasteiger partial charge in [0.15, 0.2) is 0 Å². The Balaban J connectivity index is 2.29. The molecule has 2 amide bonds. The molecule has 0 aliphatic heterocycles. The van der Waals surface area contributed by atoms with Gasteiger partial charge in [0, 0.05) is 13.0 Å². The zero-order valence-corrected chi connectivity index (χ0v) is 13.2. The van der Waals surface area contributed by atoms with Gasteiger partial charge in [0.1, 0.15) is 0 Å². The van der Waals surface area contributed by atoms with Crippen molar-refractivity contribution in [3.05, 3.63) is 35.9 Å². The van der Waals surface area contributed by atoms with Crippen LogP contribution in [0.4, 0.5) is 0 Å². The molecule has 1 atom stereocenters. The molecule has 4 heteroatoms. The maximum atomic E-state index is 11.9. The van der Waals surface area contributed by atoms with Gasteiger partial charge in [0.25, 0.3) is 0 Å². The van der Waals surface area contributed by atoms with Gasteiger partial charge >= 0.3 is 0 Å². The molecule has 3 N–H and O–H groups in total. The molecule has 21 heavy (non-hydrogen) atoms. The normalized spacial score (nSPS) is 12.7. The van der Waals surface area contributed by atoms with Crippen LogP contribution in [0.2, 0.25) is 0 Å². The number of nitrogens with two attached hydrogens (primary N) is 1. The average Bonchev–Trinajstić information content (AvgIpc) is 2.44. The number of primary amides is 1. The summed E-state index contributed by atoms with van der Waals surface area (Å²) < 4.78 is 0. The molecule has 0 spiro atoms. The Kier molecular flexibility index (Phi) is 6.40. The monoisotopic (exact) mass is 290 g/mol. The van der Waals surface area contributed by atoms with E-state index in [1.54, 1.807) is 13.8 Å². The highest BCUT2D eigenvalue weighted by molar-refractivity contribution is 5.82. The van der Waals surface area contributed by atoms with Crippen molar-refractivity contribution in [2.75, 3.05) is 6.54 Å². The molecule has 1 rings (SSSR count). The zero-order valence-electron chi connectivity index (χ0n) is 13.2. The van der Waals surface area contributed by atoms with E-state index in [1.165, 1.54) is 5.56 Å². The van der Waals surface area contributed by atoms with Crippen LogP contribution < -0.4 is 11.1 Å². The van der Waals surface area contributed by atoms with Crippen LogP contribution in [0, 0.1) is 11.3 Å². The van der Waals surface area contributed by atoms with Crippen molar-refractivity contribution < 1.29 is 9.59 Å². The Bertz CT molecular complexity index is 469. The number of amides is 2. The third-order valence-electron chi connectivity index (χ3n) is 3.70. The van der Waals surface area contributed by atoms with Gasteiger partial charge < -0.3 is 11.1 Å². The summed E-state index contributed by atoms with van der Waals surface area (Å²) in [4.78, 5) is 23.1. The molecule has 0 saturated carbocycles. The SMILES string of the molecule is CC(CCc1ccccc1)CC(=O)NCC(C)(C)C(N)=O. The van der Waals surface area contributed by atoms with Crippen LogP contribution in [-0.4, -0.2) is 18.4 Å². The van der Waals surface area contributed by atoms with Crippen molar-refractivity contribution in [1.29, 1.82) is 0 Å². The maximum absolute atomic E-state index is 11.9. The van der Waals surface area contributed by atoms with E-state index in [1.807, 2.05) is 18.2 Å². The van der Waals surface area contributed by atoms with E-state index in [0.717, 1.165) is 12.8 Å². The van der Waals surface area contributed by atoms with E-state index in [4.69, 9.17) is 5.73 Å². The minimum Gasteiger partial charge on any atom is -0.369 e. The van der Waals surface area contributed by atoms with E-state index < -0.39 is 11.3 Å². The standard InChI is InChI=1S/C17H26N2O2/c1-13(9-10-14-7-5-4-6-8-14)11-15(20)19-12-17(2,3)16(18)21/h4-8,13H,9-12H2,1-3H3,(H2,18,21)(H,19,20).